The number of hydrogen-bond donors (Lipinski definition) is 17. The van der Waals surface area contributed by atoms with E-state index in [1.807, 2.05) is 0 Å². The Balaban J connectivity index is 2.63. The van der Waals surface area contributed by atoms with E-state index >= 15 is 0 Å². The number of nitrogens with one attached hydrogen (secondary N) is 12. The number of thioether (sulfide) groups is 1. The fraction of sp³-hybridized carbons (Fsp3) is 0.537. The van der Waals surface area contributed by atoms with Gasteiger partial charge in [-0.15, -0.1) is 11.8 Å². The summed E-state index contributed by atoms with van der Waals surface area (Å²) in [7, 11) is 1.41. The summed E-state index contributed by atoms with van der Waals surface area (Å²) in [4.78, 5) is 158. The SMILES string of the molecule is COCCNC(=O)CNC(=O)[C@@H]1CSCC(=O)N[C@@H](CC(=O)O)C(=O)N[C@@H](CS)C(=O)N[C@@H](CCCNC(=N)N)C(=O)NCC(=O)N[C@@H](CC(=O)O)C(=O)N[C@@H](CS)C(=O)N[C@@H](Cc2ccccc2)C(=O)N1. The van der Waals surface area contributed by atoms with Gasteiger partial charge in [0.1, 0.15) is 42.3 Å². The van der Waals surface area contributed by atoms with E-state index in [0.717, 1.165) is 11.8 Å². The zero-order chi connectivity index (χ0) is 53.8. The van der Waals surface area contributed by atoms with E-state index in [2.05, 4.69) is 83.7 Å². The fourth-order valence-electron chi connectivity index (χ4n) is 6.24. The zero-order valence-corrected chi connectivity index (χ0v) is 41.5. The van der Waals surface area contributed by atoms with E-state index in [0.29, 0.717) is 5.56 Å². The van der Waals surface area contributed by atoms with Crippen molar-refractivity contribution in [2.45, 2.75) is 74.4 Å². The van der Waals surface area contributed by atoms with Gasteiger partial charge in [0, 0.05) is 43.9 Å². The van der Waals surface area contributed by atoms with Crippen molar-refractivity contribution in [3.63, 3.8) is 0 Å². The molecule has 0 aromatic heterocycles. The molecule has 10 amide bonds. The lowest BCUT2D eigenvalue weighted by atomic mass is 10.0. The van der Waals surface area contributed by atoms with Gasteiger partial charge in [-0.3, -0.25) is 62.9 Å². The first-order valence-electron chi connectivity index (χ1n) is 21.9. The van der Waals surface area contributed by atoms with E-state index in [4.69, 9.17) is 15.9 Å². The number of benzene rings is 1. The molecular formula is C41H61N13O15S3. The molecule has 398 valence electrons. The number of aliphatic carboxylic acids is 2. The molecule has 1 aromatic rings. The summed E-state index contributed by atoms with van der Waals surface area (Å²) >= 11 is 8.99. The molecule has 1 aliphatic rings. The number of methoxy groups -OCH3 is 1. The number of thiol groups is 2. The van der Waals surface area contributed by atoms with Gasteiger partial charge < -0.3 is 79.2 Å². The molecule has 0 bridgehead atoms. The largest absolute Gasteiger partial charge is 0.481 e. The third-order valence-corrected chi connectivity index (χ3v) is 11.6. The van der Waals surface area contributed by atoms with Crippen LogP contribution in [0.1, 0.15) is 31.2 Å². The normalized spacial score (nSPS) is 22.6. The fourth-order valence-corrected chi connectivity index (χ4v) is 7.62. The zero-order valence-electron chi connectivity index (χ0n) is 38.9. The van der Waals surface area contributed by atoms with E-state index < -0.39 is 168 Å². The molecule has 1 saturated heterocycles. The first-order valence-corrected chi connectivity index (χ1v) is 24.4. The smallest absolute Gasteiger partial charge is 0.305 e. The molecule has 2 rings (SSSR count). The van der Waals surface area contributed by atoms with Crippen LogP contribution in [0.5, 0.6) is 0 Å². The highest BCUT2D eigenvalue weighted by molar-refractivity contribution is 8.00. The Labute approximate surface area is 427 Å². The molecule has 31 heteroatoms. The number of amides is 10. The number of carboxylic acid groups (broad SMARTS) is 2. The van der Waals surface area contributed by atoms with Crippen LogP contribution in [-0.4, -0.2) is 192 Å². The molecular weight excluding hydrogens is 1010 g/mol. The highest BCUT2D eigenvalue weighted by Crippen LogP contribution is 2.10. The van der Waals surface area contributed by atoms with Crippen LogP contribution in [-0.2, 0) is 68.7 Å². The van der Waals surface area contributed by atoms with Crippen molar-refractivity contribution >= 4 is 114 Å². The van der Waals surface area contributed by atoms with E-state index in [9.17, 15) is 67.7 Å². The quantitative estimate of drug-likeness (QED) is 0.0281. The van der Waals surface area contributed by atoms with E-state index in [1.54, 1.807) is 30.3 Å². The number of carbonyl (C=O) groups excluding carboxylic acids is 10. The molecule has 0 spiro atoms. The molecule has 0 unspecified atom stereocenters. The number of rotatable bonds is 18. The number of ether oxygens (including phenoxy) is 1. The lowest BCUT2D eigenvalue weighted by molar-refractivity contribution is -0.141. The summed E-state index contributed by atoms with van der Waals surface area (Å²) in [5.41, 5.74) is 5.83. The second kappa shape index (κ2) is 32.9. The van der Waals surface area contributed by atoms with Crippen LogP contribution in [0.3, 0.4) is 0 Å². The number of carboxylic acids is 2. The van der Waals surface area contributed by atoms with Crippen molar-refractivity contribution in [2.75, 3.05) is 62.9 Å². The Morgan fingerprint density at radius 1 is 0.694 bits per heavy atom. The van der Waals surface area contributed by atoms with Gasteiger partial charge in [0.15, 0.2) is 5.96 Å². The van der Waals surface area contributed by atoms with Crippen LogP contribution < -0.4 is 64.2 Å². The highest BCUT2D eigenvalue weighted by atomic mass is 32.2. The first-order chi connectivity index (χ1) is 34.2. The lowest BCUT2D eigenvalue weighted by Crippen LogP contribution is -2.60. The molecule has 28 nitrogen and oxygen atoms in total. The van der Waals surface area contributed by atoms with Crippen LogP contribution >= 0.6 is 37.0 Å². The minimum atomic E-state index is -1.86. The average molecular weight is 1070 g/mol. The summed E-state index contributed by atoms with van der Waals surface area (Å²) in [5, 5.41) is 52.6. The summed E-state index contributed by atoms with van der Waals surface area (Å²) < 4.78 is 4.89. The van der Waals surface area contributed by atoms with Crippen LogP contribution in [0.2, 0.25) is 0 Å². The second-order valence-corrected chi connectivity index (χ2v) is 17.3. The van der Waals surface area contributed by atoms with Crippen molar-refractivity contribution < 1.29 is 72.5 Å². The summed E-state index contributed by atoms with van der Waals surface area (Å²) in [6.45, 7) is -1.16. The highest BCUT2D eigenvalue weighted by Gasteiger charge is 2.34. The molecule has 1 aliphatic heterocycles. The van der Waals surface area contributed by atoms with Gasteiger partial charge in [-0.25, -0.2) is 0 Å². The molecule has 16 N–H and O–H groups in total. The Bertz CT molecular complexity index is 2110. The van der Waals surface area contributed by atoms with Crippen molar-refractivity contribution in [3.8, 4) is 0 Å². The molecule has 0 aliphatic carbocycles. The number of hydrogen-bond acceptors (Lipinski definition) is 17. The topological polar surface area (TPSA) is 437 Å². The van der Waals surface area contributed by atoms with Gasteiger partial charge in [0.2, 0.25) is 59.1 Å². The van der Waals surface area contributed by atoms with E-state index in [-0.39, 0.29) is 39.0 Å². The van der Waals surface area contributed by atoms with Crippen molar-refractivity contribution in [3.05, 3.63) is 35.9 Å². The van der Waals surface area contributed by atoms with Crippen LogP contribution in [0, 0.1) is 5.41 Å². The molecule has 1 heterocycles. The monoisotopic (exact) mass is 1070 g/mol. The standard InChI is InChI=1S/C41H61N13O15S3/c1-69-11-10-44-29(55)15-46-35(63)28-19-72-20-31(57)49-25(14-33(60)61)38(66)52-26(17-70)39(67)50-22(8-5-9-45-41(42)43)34(62)47-16-30(56)48-24(13-32(58)59)37(65)53-27(18-71)40(68)51-23(36(64)54-28)12-21-6-3-2-4-7-21/h2-4,6-7,22-28,70-71H,5,8-20H2,1H3,(H,44,55)(H,46,63)(H,47,62)(H,48,56)(H,49,57)(H,50,67)(H,51,68)(H,52,66)(H,53,65)(H,54,64)(H,58,59)(H,60,61)(H4,42,43,45)/t22-,23-,24-,25-,26-,27-,28-/m0/s1. The van der Waals surface area contributed by atoms with Crippen LogP contribution in [0.15, 0.2) is 30.3 Å². The maximum atomic E-state index is 14.1. The molecule has 0 saturated carbocycles. The number of nitrogens with two attached hydrogens (primary N) is 1. The summed E-state index contributed by atoms with van der Waals surface area (Å²) in [5.74, 6) is -15.3. The maximum absolute atomic E-state index is 14.1. The summed E-state index contributed by atoms with van der Waals surface area (Å²) in [6, 6.07) is -3.09. The number of carbonyl (C=O) groups is 12. The number of guanidine groups is 1. The maximum Gasteiger partial charge on any atom is 0.305 e. The van der Waals surface area contributed by atoms with Gasteiger partial charge in [0.25, 0.3) is 0 Å². The predicted octanol–water partition coefficient (Wildman–Crippen LogP) is -6.56. The average Bonchev–Trinajstić information content (AvgIpc) is 3.32. The first kappa shape index (κ1) is 61.3. The van der Waals surface area contributed by atoms with Crippen LogP contribution in [0.4, 0.5) is 0 Å². The van der Waals surface area contributed by atoms with E-state index in [1.165, 1.54) is 7.11 Å². The Kier molecular flexibility index (Phi) is 28.0. The third-order valence-electron chi connectivity index (χ3n) is 9.85. The Morgan fingerprint density at radius 3 is 1.76 bits per heavy atom. The second-order valence-electron chi connectivity index (χ2n) is 15.6. The minimum absolute atomic E-state index is 0.0388. The molecule has 7 atom stereocenters. The van der Waals surface area contributed by atoms with Gasteiger partial charge in [0.05, 0.1) is 38.3 Å². The van der Waals surface area contributed by atoms with Gasteiger partial charge in [-0.1, -0.05) is 30.3 Å². The lowest BCUT2D eigenvalue weighted by Gasteiger charge is -2.26. The van der Waals surface area contributed by atoms with Gasteiger partial charge >= 0.3 is 11.9 Å². The molecule has 0 radical (unpaired) electrons. The minimum Gasteiger partial charge on any atom is -0.481 e. The van der Waals surface area contributed by atoms with Crippen molar-refractivity contribution in [1.29, 1.82) is 5.41 Å². The molecule has 1 fully saturated rings. The predicted molar refractivity (Wildman–Crippen MR) is 263 cm³/mol. The Hall–Kier alpha value is -6.86. The van der Waals surface area contributed by atoms with Crippen LogP contribution in [0.25, 0.3) is 0 Å². The van der Waals surface area contributed by atoms with Gasteiger partial charge in [-0.2, -0.15) is 25.3 Å². The molecule has 1 aromatic carbocycles. The molecule has 72 heavy (non-hydrogen) atoms. The van der Waals surface area contributed by atoms with Crippen molar-refractivity contribution in [2.24, 2.45) is 5.73 Å². The Morgan fingerprint density at radius 2 is 1.22 bits per heavy atom. The van der Waals surface area contributed by atoms with Gasteiger partial charge in [-0.05, 0) is 18.4 Å². The summed E-state index contributed by atoms with van der Waals surface area (Å²) in [6.07, 6.45) is -2.29. The van der Waals surface area contributed by atoms with Crippen molar-refractivity contribution in [1.82, 2.24) is 58.5 Å². The third kappa shape index (κ3) is 23.8.